The van der Waals surface area contributed by atoms with Crippen LogP contribution in [0.4, 0.5) is 0 Å². The molecule has 2 rings (SSSR count). The first-order valence-electron chi connectivity index (χ1n) is 8.51. The Balaban J connectivity index is 1.70. The number of hydrogen-bond acceptors (Lipinski definition) is 5. The van der Waals surface area contributed by atoms with E-state index < -0.39 is 18.5 Å². The maximum absolute atomic E-state index is 11.8. The van der Waals surface area contributed by atoms with Crippen molar-refractivity contribution in [2.24, 2.45) is 0 Å². The average molecular weight is 424 g/mol. The number of ketones is 1. The number of rotatable bonds is 9. The first-order valence-corrected chi connectivity index (χ1v) is 9.27. The number of benzene rings is 2. The lowest BCUT2D eigenvalue weighted by molar-refractivity contribution is -0.150. The van der Waals surface area contributed by atoms with Crippen LogP contribution in [0.5, 0.6) is 5.75 Å². The molecule has 6 nitrogen and oxygen atoms in total. The summed E-state index contributed by atoms with van der Waals surface area (Å²) in [4.78, 5) is 35.0. The Kier molecular flexibility index (Phi) is 8.29. The minimum Gasteiger partial charge on any atom is -0.482 e. The molecule has 28 heavy (non-hydrogen) atoms. The second-order valence-corrected chi connectivity index (χ2v) is 6.61. The van der Waals surface area contributed by atoms with Gasteiger partial charge in [-0.05, 0) is 42.0 Å². The third-order valence-corrected chi connectivity index (χ3v) is 4.30. The summed E-state index contributed by atoms with van der Waals surface area (Å²) in [6, 6.07) is 11.4. The Bertz CT molecular complexity index is 852. The molecule has 0 spiro atoms. The highest BCUT2D eigenvalue weighted by molar-refractivity contribution is 6.35. The Morgan fingerprint density at radius 1 is 1.00 bits per heavy atom. The second-order valence-electron chi connectivity index (χ2n) is 5.76. The molecule has 0 radical (unpaired) electrons. The van der Waals surface area contributed by atoms with Crippen LogP contribution in [0.15, 0.2) is 42.5 Å². The van der Waals surface area contributed by atoms with E-state index in [1.165, 1.54) is 0 Å². The molecule has 0 fully saturated rings. The van der Waals surface area contributed by atoms with Crippen LogP contribution in [0.1, 0.15) is 29.3 Å². The van der Waals surface area contributed by atoms with Crippen molar-refractivity contribution in [3.05, 3.63) is 63.6 Å². The number of amides is 1. The Morgan fingerprint density at radius 2 is 1.71 bits per heavy atom. The van der Waals surface area contributed by atoms with Gasteiger partial charge in [-0.1, -0.05) is 36.2 Å². The molecule has 1 amide bonds. The third-order valence-electron chi connectivity index (χ3n) is 3.71. The smallest absolute Gasteiger partial charge is 0.344 e. The lowest BCUT2D eigenvalue weighted by Gasteiger charge is -2.09. The zero-order chi connectivity index (χ0) is 20.5. The maximum Gasteiger partial charge on any atom is 0.344 e. The molecule has 148 valence electrons. The highest BCUT2D eigenvalue weighted by Crippen LogP contribution is 2.20. The predicted octanol–water partition coefficient (Wildman–Crippen LogP) is 3.82. The van der Waals surface area contributed by atoms with E-state index in [9.17, 15) is 14.4 Å². The number of ether oxygens (including phenoxy) is 2. The van der Waals surface area contributed by atoms with E-state index >= 15 is 0 Å². The van der Waals surface area contributed by atoms with Crippen molar-refractivity contribution >= 4 is 40.9 Å². The lowest BCUT2D eigenvalue weighted by atomic mass is 10.1. The van der Waals surface area contributed by atoms with Crippen molar-refractivity contribution in [1.82, 2.24) is 5.32 Å². The second kappa shape index (κ2) is 10.7. The summed E-state index contributed by atoms with van der Waals surface area (Å²) in [7, 11) is 0. The van der Waals surface area contributed by atoms with E-state index in [1.54, 1.807) is 49.4 Å². The number of esters is 1. The van der Waals surface area contributed by atoms with Gasteiger partial charge in [0, 0.05) is 28.6 Å². The minimum atomic E-state index is -0.687. The maximum atomic E-state index is 11.8. The quantitative estimate of drug-likeness (QED) is 0.489. The third kappa shape index (κ3) is 6.87. The van der Waals surface area contributed by atoms with Gasteiger partial charge in [0.2, 0.25) is 0 Å². The zero-order valence-electron chi connectivity index (χ0n) is 15.2. The van der Waals surface area contributed by atoms with Crippen molar-refractivity contribution in [1.29, 1.82) is 0 Å². The van der Waals surface area contributed by atoms with E-state index in [0.717, 1.165) is 0 Å². The van der Waals surface area contributed by atoms with Crippen LogP contribution in [-0.2, 0) is 20.9 Å². The van der Waals surface area contributed by atoms with E-state index in [0.29, 0.717) is 33.3 Å². The molecule has 0 heterocycles. The fourth-order valence-corrected chi connectivity index (χ4v) is 2.66. The summed E-state index contributed by atoms with van der Waals surface area (Å²) in [6.07, 6.45) is 0.415. The van der Waals surface area contributed by atoms with Crippen LogP contribution in [-0.4, -0.2) is 30.9 Å². The normalized spacial score (nSPS) is 10.2. The molecule has 2 aromatic rings. The fraction of sp³-hybridized carbons (Fsp3) is 0.250. The van der Waals surface area contributed by atoms with Gasteiger partial charge < -0.3 is 14.8 Å². The number of hydrogen-bond donors (Lipinski definition) is 1. The van der Waals surface area contributed by atoms with Crippen LogP contribution in [0.3, 0.4) is 0 Å². The molecule has 0 saturated carbocycles. The molecule has 0 aliphatic rings. The summed E-state index contributed by atoms with van der Waals surface area (Å²) in [6.45, 7) is 1.18. The molecule has 0 unspecified atom stereocenters. The Labute approximate surface area is 172 Å². The number of carbonyl (C=O) groups excluding carboxylic acids is 3. The van der Waals surface area contributed by atoms with Crippen LogP contribution < -0.4 is 10.1 Å². The molecule has 0 saturated heterocycles. The SMILES string of the molecule is CCC(=O)c1ccc(OCC(=O)OCC(=O)NCc2ccc(Cl)cc2Cl)cc1. The van der Waals surface area contributed by atoms with Gasteiger partial charge >= 0.3 is 5.97 Å². The topological polar surface area (TPSA) is 81.7 Å². The largest absolute Gasteiger partial charge is 0.482 e. The molecule has 2 aromatic carbocycles. The number of nitrogens with one attached hydrogen (secondary N) is 1. The van der Waals surface area contributed by atoms with Crippen molar-refractivity contribution in [2.75, 3.05) is 13.2 Å². The van der Waals surface area contributed by atoms with Crippen molar-refractivity contribution in [3.8, 4) is 5.75 Å². The van der Waals surface area contributed by atoms with Gasteiger partial charge in [-0.25, -0.2) is 4.79 Å². The standard InChI is InChI=1S/C20H19Cl2NO5/c1-2-18(24)13-4-7-16(8-5-13)27-12-20(26)28-11-19(25)23-10-14-3-6-15(21)9-17(14)22/h3-9H,2,10-12H2,1H3,(H,23,25). The first-order chi connectivity index (χ1) is 13.4. The van der Waals surface area contributed by atoms with Gasteiger partial charge in [-0.15, -0.1) is 0 Å². The molecule has 8 heteroatoms. The van der Waals surface area contributed by atoms with E-state index in [1.807, 2.05) is 0 Å². The average Bonchev–Trinajstić information content (AvgIpc) is 2.69. The van der Waals surface area contributed by atoms with Gasteiger partial charge in [0.25, 0.3) is 5.91 Å². The molecule has 0 aromatic heterocycles. The highest BCUT2D eigenvalue weighted by atomic mass is 35.5. The van der Waals surface area contributed by atoms with Gasteiger partial charge in [-0.3, -0.25) is 9.59 Å². The molecule has 0 bridgehead atoms. The number of halogens is 2. The van der Waals surface area contributed by atoms with Crippen molar-refractivity contribution in [2.45, 2.75) is 19.9 Å². The monoisotopic (exact) mass is 423 g/mol. The summed E-state index contributed by atoms with van der Waals surface area (Å²) < 4.78 is 10.1. The fourth-order valence-electron chi connectivity index (χ4n) is 2.18. The first kappa shape index (κ1) is 21.7. The van der Waals surface area contributed by atoms with Gasteiger partial charge in [0.15, 0.2) is 19.0 Å². The van der Waals surface area contributed by atoms with Gasteiger partial charge in [0.05, 0.1) is 0 Å². The van der Waals surface area contributed by atoms with Crippen molar-refractivity contribution < 1.29 is 23.9 Å². The molecule has 1 N–H and O–H groups in total. The van der Waals surface area contributed by atoms with Gasteiger partial charge in [-0.2, -0.15) is 0 Å². The van der Waals surface area contributed by atoms with E-state index in [-0.39, 0.29) is 18.9 Å². The summed E-state index contributed by atoms with van der Waals surface area (Å²) in [5.41, 5.74) is 1.27. The Hall–Kier alpha value is -2.57. The summed E-state index contributed by atoms with van der Waals surface area (Å²) >= 11 is 11.8. The minimum absolute atomic E-state index is 0.0249. The lowest BCUT2D eigenvalue weighted by Crippen LogP contribution is -2.29. The molecule has 0 atom stereocenters. The molecule has 0 aliphatic carbocycles. The van der Waals surface area contributed by atoms with Crippen molar-refractivity contribution in [3.63, 3.8) is 0 Å². The summed E-state index contributed by atoms with van der Waals surface area (Å²) in [5, 5.41) is 3.53. The number of Topliss-reactive ketones (excluding diaryl/α,β-unsaturated/α-hetero) is 1. The van der Waals surface area contributed by atoms with Crippen LogP contribution in [0.25, 0.3) is 0 Å². The predicted molar refractivity (Wildman–Crippen MR) is 106 cm³/mol. The number of carbonyl (C=O) groups is 3. The van der Waals surface area contributed by atoms with E-state index in [4.69, 9.17) is 32.7 Å². The summed E-state index contributed by atoms with van der Waals surface area (Å²) in [5.74, 6) is -0.710. The molecular formula is C20H19Cl2NO5. The van der Waals surface area contributed by atoms with Gasteiger partial charge in [0.1, 0.15) is 5.75 Å². The highest BCUT2D eigenvalue weighted by Gasteiger charge is 2.10. The van der Waals surface area contributed by atoms with Crippen LogP contribution in [0, 0.1) is 0 Å². The molecular weight excluding hydrogens is 405 g/mol. The van der Waals surface area contributed by atoms with Crippen LogP contribution >= 0.6 is 23.2 Å². The zero-order valence-corrected chi connectivity index (χ0v) is 16.7. The van der Waals surface area contributed by atoms with E-state index in [2.05, 4.69) is 5.32 Å². The molecule has 0 aliphatic heterocycles. The van der Waals surface area contributed by atoms with Crippen LogP contribution in [0.2, 0.25) is 10.0 Å². The Morgan fingerprint density at radius 3 is 2.36 bits per heavy atom.